The molecule has 0 aromatic heterocycles. The number of hydrogen-bond acceptors (Lipinski definition) is 3. The zero-order chi connectivity index (χ0) is 13.8. The molecule has 3 nitrogen and oxygen atoms in total. The van der Waals surface area contributed by atoms with Crippen molar-refractivity contribution >= 4 is 0 Å². The first kappa shape index (κ1) is 14.4. The molecule has 2 rings (SSSR count). The maximum Gasteiger partial charge on any atom is 0.128 e. The summed E-state index contributed by atoms with van der Waals surface area (Å²) in [5.41, 5.74) is 0.733. The van der Waals surface area contributed by atoms with Gasteiger partial charge < -0.3 is 10.1 Å². The van der Waals surface area contributed by atoms with Crippen LogP contribution >= 0.6 is 0 Å². The van der Waals surface area contributed by atoms with Gasteiger partial charge in [-0.1, -0.05) is 18.2 Å². The van der Waals surface area contributed by atoms with Crippen molar-refractivity contribution < 1.29 is 9.13 Å². The second-order valence-electron chi connectivity index (χ2n) is 5.31. The van der Waals surface area contributed by atoms with Crippen LogP contribution in [0.4, 0.5) is 4.39 Å². The lowest BCUT2D eigenvalue weighted by molar-refractivity contribution is -0.0520. The molecule has 3 atom stereocenters. The summed E-state index contributed by atoms with van der Waals surface area (Å²) in [6.07, 6.45) is 0.245. The van der Waals surface area contributed by atoms with Gasteiger partial charge in [-0.15, -0.1) is 0 Å². The summed E-state index contributed by atoms with van der Waals surface area (Å²) in [7, 11) is 1.88. The number of benzene rings is 1. The first-order chi connectivity index (χ1) is 9.11. The second kappa shape index (κ2) is 6.46. The van der Waals surface area contributed by atoms with Gasteiger partial charge in [-0.3, -0.25) is 4.90 Å². The molecular formula is C15H23FN2O. The first-order valence-corrected chi connectivity index (χ1v) is 6.89. The zero-order valence-corrected chi connectivity index (χ0v) is 11.9. The van der Waals surface area contributed by atoms with Crippen LogP contribution in [-0.4, -0.2) is 43.8 Å². The summed E-state index contributed by atoms with van der Waals surface area (Å²) in [6, 6.07) is 7.36. The van der Waals surface area contributed by atoms with Crippen molar-refractivity contribution in [1.82, 2.24) is 10.2 Å². The molecule has 4 heteroatoms. The molecule has 1 aromatic carbocycles. The fourth-order valence-corrected chi connectivity index (χ4v) is 2.56. The summed E-state index contributed by atoms with van der Waals surface area (Å²) < 4.78 is 19.5. The van der Waals surface area contributed by atoms with Gasteiger partial charge >= 0.3 is 0 Å². The Bertz CT molecular complexity index is 413. The Balaban J connectivity index is 2.08. The van der Waals surface area contributed by atoms with E-state index in [4.69, 9.17) is 4.74 Å². The highest BCUT2D eigenvalue weighted by Crippen LogP contribution is 2.20. The van der Waals surface area contributed by atoms with E-state index < -0.39 is 0 Å². The lowest BCUT2D eigenvalue weighted by Crippen LogP contribution is -2.49. The fraction of sp³-hybridized carbons (Fsp3) is 0.600. The number of rotatable bonds is 4. The van der Waals surface area contributed by atoms with Crippen LogP contribution in [0.25, 0.3) is 0 Å². The zero-order valence-electron chi connectivity index (χ0n) is 11.9. The number of halogens is 1. The number of nitrogens with one attached hydrogen (secondary N) is 1. The minimum Gasteiger partial charge on any atom is -0.376 e. The van der Waals surface area contributed by atoms with Crippen molar-refractivity contribution in [2.45, 2.75) is 32.0 Å². The summed E-state index contributed by atoms with van der Waals surface area (Å²) in [4.78, 5) is 2.36. The lowest BCUT2D eigenvalue weighted by Gasteiger charge is -2.38. The number of nitrogens with zero attached hydrogens (tertiary/aromatic N) is 1. The minimum absolute atomic E-state index is 0.00829. The van der Waals surface area contributed by atoms with Crippen molar-refractivity contribution in [2.24, 2.45) is 0 Å². The van der Waals surface area contributed by atoms with Crippen LogP contribution in [0.3, 0.4) is 0 Å². The molecule has 19 heavy (non-hydrogen) atoms. The predicted octanol–water partition coefficient (Wildman–Crippen LogP) is 2.20. The van der Waals surface area contributed by atoms with Crippen molar-refractivity contribution in [3.8, 4) is 0 Å². The first-order valence-electron chi connectivity index (χ1n) is 6.89. The summed E-state index contributed by atoms with van der Waals surface area (Å²) in [5, 5.41) is 3.22. The predicted molar refractivity (Wildman–Crippen MR) is 74.6 cm³/mol. The molecule has 0 spiro atoms. The van der Waals surface area contributed by atoms with Crippen LogP contribution in [0.1, 0.15) is 25.5 Å². The molecule has 3 unspecified atom stereocenters. The van der Waals surface area contributed by atoms with Crippen LogP contribution < -0.4 is 5.32 Å². The van der Waals surface area contributed by atoms with E-state index >= 15 is 0 Å². The second-order valence-corrected chi connectivity index (χ2v) is 5.31. The van der Waals surface area contributed by atoms with E-state index in [1.165, 1.54) is 6.07 Å². The molecule has 1 aliphatic heterocycles. The third-order valence-corrected chi connectivity index (χ3v) is 3.78. The molecule has 0 aliphatic carbocycles. The van der Waals surface area contributed by atoms with Gasteiger partial charge in [0.05, 0.1) is 12.7 Å². The Labute approximate surface area is 114 Å². The average Bonchev–Trinajstić information content (AvgIpc) is 2.41. The number of ether oxygens (including phenoxy) is 1. The van der Waals surface area contributed by atoms with E-state index in [9.17, 15) is 4.39 Å². The van der Waals surface area contributed by atoms with Crippen LogP contribution in [-0.2, 0) is 4.74 Å². The molecule has 1 aliphatic rings. The van der Waals surface area contributed by atoms with Crippen molar-refractivity contribution in [1.29, 1.82) is 0 Å². The van der Waals surface area contributed by atoms with Gasteiger partial charge in [-0.05, 0) is 27.0 Å². The Morgan fingerprint density at radius 2 is 2.16 bits per heavy atom. The monoisotopic (exact) mass is 266 g/mol. The van der Waals surface area contributed by atoms with Gasteiger partial charge in [-0.2, -0.15) is 0 Å². The van der Waals surface area contributed by atoms with E-state index in [0.29, 0.717) is 6.04 Å². The van der Waals surface area contributed by atoms with Gasteiger partial charge in [-0.25, -0.2) is 4.39 Å². The molecule has 0 amide bonds. The van der Waals surface area contributed by atoms with Crippen LogP contribution in [0, 0.1) is 5.82 Å². The van der Waals surface area contributed by atoms with Crippen molar-refractivity contribution in [3.05, 3.63) is 35.6 Å². The molecule has 1 saturated heterocycles. The number of morpholine rings is 1. The third kappa shape index (κ3) is 3.53. The Morgan fingerprint density at radius 1 is 1.42 bits per heavy atom. The Hall–Kier alpha value is -0.970. The number of likely N-dealkylation sites (N-methyl/N-ethyl adjacent to an activating group) is 1. The quantitative estimate of drug-likeness (QED) is 0.904. The van der Waals surface area contributed by atoms with Gasteiger partial charge in [0.25, 0.3) is 0 Å². The Kier molecular flexibility index (Phi) is 4.91. The van der Waals surface area contributed by atoms with Gasteiger partial charge in [0.2, 0.25) is 0 Å². The van der Waals surface area contributed by atoms with E-state index in [1.807, 2.05) is 19.2 Å². The van der Waals surface area contributed by atoms with Gasteiger partial charge in [0.15, 0.2) is 0 Å². The smallest absolute Gasteiger partial charge is 0.128 e. The SMILES string of the molecule is CNC(CN1CC(C)OCC1C)c1ccccc1F. The summed E-state index contributed by atoms with van der Waals surface area (Å²) in [5.74, 6) is -0.143. The molecule has 1 aromatic rings. The van der Waals surface area contributed by atoms with Crippen molar-refractivity contribution in [3.63, 3.8) is 0 Å². The molecule has 0 radical (unpaired) electrons. The maximum atomic E-state index is 13.9. The molecular weight excluding hydrogens is 243 g/mol. The topological polar surface area (TPSA) is 24.5 Å². The summed E-state index contributed by atoms with van der Waals surface area (Å²) >= 11 is 0. The molecule has 0 bridgehead atoms. The molecule has 0 saturated carbocycles. The standard InChI is InChI=1S/C15H23FN2O/c1-11-10-19-12(2)8-18(11)9-15(17-3)13-6-4-5-7-14(13)16/h4-7,11-12,15,17H,8-10H2,1-3H3. The van der Waals surface area contributed by atoms with Crippen molar-refractivity contribution in [2.75, 3.05) is 26.7 Å². The highest BCUT2D eigenvalue weighted by molar-refractivity contribution is 5.21. The number of hydrogen-bond donors (Lipinski definition) is 1. The lowest BCUT2D eigenvalue weighted by atomic mass is 10.0. The van der Waals surface area contributed by atoms with E-state index in [2.05, 4.69) is 24.1 Å². The molecule has 1 heterocycles. The van der Waals surface area contributed by atoms with E-state index in [0.717, 1.165) is 25.3 Å². The molecule has 1 N–H and O–H groups in total. The minimum atomic E-state index is -0.143. The Morgan fingerprint density at radius 3 is 2.84 bits per heavy atom. The molecule has 1 fully saturated rings. The summed E-state index contributed by atoms with van der Waals surface area (Å²) in [6.45, 7) is 6.67. The van der Waals surface area contributed by atoms with Crippen LogP contribution in [0.5, 0.6) is 0 Å². The fourth-order valence-electron chi connectivity index (χ4n) is 2.56. The van der Waals surface area contributed by atoms with E-state index in [1.54, 1.807) is 6.07 Å². The van der Waals surface area contributed by atoms with Gasteiger partial charge in [0, 0.05) is 30.7 Å². The normalized spacial score (nSPS) is 26.3. The molecule has 106 valence electrons. The highest BCUT2D eigenvalue weighted by atomic mass is 19.1. The van der Waals surface area contributed by atoms with Crippen LogP contribution in [0.2, 0.25) is 0 Å². The highest BCUT2D eigenvalue weighted by Gasteiger charge is 2.26. The van der Waals surface area contributed by atoms with Gasteiger partial charge in [0.1, 0.15) is 5.82 Å². The van der Waals surface area contributed by atoms with E-state index in [-0.39, 0.29) is 18.0 Å². The third-order valence-electron chi connectivity index (χ3n) is 3.78. The average molecular weight is 266 g/mol. The largest absolute Gasteiger partial charge is 0.376 e. The van der Waals surface area contributed by atoms with Crippen LogP contribution in [0.15, 0.2) is 24.3 Å². The maximum absolute atomic E-state index is 13.9.